The zero-order valence-corrected chi connectivity index (χ0v) is 26.8. The van der Waals surface area contributed by atoms with Crippen molar-refractivity contribution in [2.24, 2.45) is 0 Å². The summed E-state index contributed by atoms with van der Waals surface area (Å²) in [5.74, 6) is 1.84. The molecular formula is C40H54O2. The molecule has 0 heterocycles. The van der Waals surface area contributed by atoms with Crippen molar-refractivity contribution >= 4 is 24.3 Å². The average molecular weight is 567 g/mol. The Kier molecular flexibility index (Phi) is 15.7. The summed E-state index contributed by atoms with van der Waals surface area (Å²) < 4.78 is 12.9. The SMILES string of the molecule is CCCCCCCCOc1cc(/C=C/c2ccc(C)cc2)c(OCCCCCCCC)cc1/C=C/c1ccc(C)cc1. The number of hydrogen-bond acceptors (Lipinski definition) is 2. The molecule has 0 bridgehead atoms. The molecule has 3 rings (SSSR count). The summed E-state index contributed by atoms with van der Waals surface area (Å²) in [6, 6.07) is 21.6. The van der Waals surface area contributed by atoms with Crippen LogP contribution in [0.5, 0.6) is 11.5 Å². The molecule has 0 aromatic heterocycles. The van der Waals surface area contributed by atoms with Crippen LogP contribution < -0.4 is 9.47 Å². The van der Waals surface area contributed by atoms with E-state index in [1.165, 1.54) is 86.5 Å². The summed E-state index contributed by atoms with van der Waals surface area (Å²) in [6.45, 7) is 10.2. The molecule has 0 radical (unpaired) electrons. The highest BCUT2D eigenvalue weighted by molar-refractivity contribution is 5.79. The number of benzene rings is 3. The summed E-state index contributed by atoms with van der Waals surface area (Å²) in [5, 5.41) is 0. The van der Waals surface area contributed by atoms with E-state index in [2.05, 4.69) is 113 Å². The van der Waals surface area contributed by atoms with Gasteiger partial charge in [0.1, 0.15) is 11.5 Å². The molecule has 0 spiro atoms. The van der Waals surface area contributed by atoms with Crippen molar-refractivity contribution in [1.29, 1.82) is 0 Å². The molecule has 226 valence electrons. The molecule has 0 aliphatic rings. The maximum atomic E-state index is 6.45. The monoisotopic (exact) mass is 566 g/mol. The van der Waals surface area contributed by atoms with Crippen molar-refractivity contribution in [3.8, 4) is 11.5 Å². The third-order valence-electron chi connectivity index (χ3n) is 7.72. The molecule has 0 atom stereocenters. The van der Waals surface area contributed by atoms with E-state index in [-0.39, 0.29) is 0 Å². The Morgan fingerprint density at radius 2 is 0.810 bits per heavy atom. The first-order valence-corrected chi connectivity index (χ1v) is 16.5. The second-order valence-electron chi connectivity index (χ2n) is 11.6. The summed E-state index contributed by atoms with van der Waals surface area (Å²) in [4.78, 5) is 0. The van der Waals surface area contributed by atoms with Crippen LogP contribution in [0.25, 0.3) is 24.3 Å². The molecular weight excluding hydrogens is 512 g/mol. The lowest BCUT2D eigenvalue weighted by Gasteiger charge is -2.15. The van der Waals surface area contributed by atoms with E-state index in [0.717, 1.165) is 48.7 Å². The predicted molar refractivity (Wildman–Crippen MR) is 184 cm³/mol. The first-order valence-electron chi connectivity index (χ1n) is 16.5. The lowest BCUT2D eigenvalue weighted by molar-refractivity contribution is 0.295. The second kappa shape index (κ2) is 19.8. The molecule has 0 N–H and O–H groups in total. The van der Waals surface area contributed by atoms with Gasteiger partial charge in [0.2, 0.25) is 0 Å². The van der Waals surface area contributed by atoms with Crippen molar-refractivity contribution in [1.82, 2.24) is 0 Å². The van der Waals surface area contributed by atoms with Gasteiger partial charge in [0.25, 0.3) is 0 Å². The second-order valence-corrected chi connectivity index (χ2v) is 11.6. The maximum absolute atomic E-state index is 6.45. The van der Waals surface area contributed by atoms with Gasteiger partial charge in [-0.2, -0.15) is 0 Å². The minimum absolute atomic E-state index is 0.733. The van der Waals surface area contributed by atoms with Crippen LogP contribution in [0.1, 0.15) is 124 Å². The molecule has 2 nitrogen and oxygen atoms in total. The van der Waals surface area contributed by atoms with E-state index in [0.29, 0.717) is 0 Å². The van der Waals surface area contributed by atoms with Crippen LogP contribution in [0.2, 0.25) is 0 Å². The average Bonchev–Trinajstić information content (AvgIpc) is 3.00. The first-order chi connectivity index (χ1) is 20.6. The van der Waals surface area contributed by atoms with Crippen LogP contribution >= 0.6 is 0 Å². The zero-order valence-electron chi connectivity index (χ0n) is 26.8. The molecule has 3 aromatic carbocycles. The largest absolute Gasteiger partial charge is 0.493 e. The Balaban J connectivity index is 1.83. The normalized spacial score (nSPS) is 11.5. The van der Waals surface area contributed by atoms with Gasteiger partial charge in [-0.25, -0.2) is 0 Å². The van der Waals surface area contributed by atoms with Crippen LogP contribution in [-0.2, 0) is 0 Å². The van der Waals surface area contributed by atoms with Gasteiger partial charge in [-0.1, -0.05) is 162 Å². The van der Waals surface area contributed by atoms with Crippen LogP contribution in [-0.4, -0.2) is 13.2 Å². The van der Waals surface area contributed by atoms with Crippen LogP contribution in [0.15, 0.2) is 60.7 Å². The highest BCUT2D eigenvalue weighted by Gasteiger charge is 2.10. The van der Waals surface area contributed by atoms with Gasteiger partial charge in [-0.3, -0.25) is 0 Å². The van der Waals surface area contributed by atoms with Crippen molar-refractivity contribution in [2.75, 3.05) is 13.2 Å². The van der Waals surface area contributed by atoms with Gasteiger partial charge in [0.15, 0.2) is 0 Å². The molecule has 0 saturated carbocycles. The van der Waals surface area contributed by atoms with Crippen molar-refractivity contribution in [3.63, 3.8) is 0 Å². The smallest absolute Gasteiger partial charge is 0.127 e. The fourth-order valence-electron chi connectivity index (χ4n) is 4.96. The summed E-state index contributed by atoms with van der Waals surface area (Å²) in [5.41, 5.74) is 7.02. The third-order valence-corrected chi connectivity index (χ3v) is 7.72. The van der Waals surface area contributed by atoms with E-state index >= 15 is 0 Å². The topological polar surface area (TPSA) is 18.5 Å². The van der Waals surface area contributed by atoms with Gasteiger partial charge in [0.05, 0.1) is 13.2 Å². The molecule has 42 heavy (non-hydrogen) atoms. The summed E-state index contributed by atoms with van der Waals surface area (Å²) in [6.07, 6.45) is 23.7. The molecule has 3 aromatic rings. The molecule has 0 amide bonds. The Labute approximate surface area is 256 Å². The number of hydrogen-bond donors (Lipinski definition) is 0. The van der Waals surface area contributed by atoms with Crippen molar-refractivity contribution in [2.45, 2.75) is 105 Å². The number of unbranched alkanes of at least 4 members (excludes halogenated alkanes) is 10. The van der Waals surface area contributed by atoms with E-state index in [1.54, 1.807) is 0 Å². The standard InChI is InChI=1S/C40H54O2/c1-5-7-9-11-13-15-29-41-39-31-38(28-26-36-23-19-34(4)20-24-36)40(42-30-16-14-12-10-8-6-2)32-37(39)27-25-35-21-17-33(3)18-22-35/h17-28,31-32H,5-16,29-30H2,1-4H3/b27-25+,28-26+. The molecule has 2 heteroatoms. The fourth-order valence-corrected chi connectivity index (χ4v) is 4.96. The van der Waals surface area contributed by atoms with E-state index in [9.17, 15) is 0 Å². The van der Waals surface area contributed by atoms with Gasteiger partial charge in [0, 0.05) is 11.1 Å². The predicted octanol–water partition coefficient (Wildman–Crippen LogP) is 12.1. The third kappa shape index (κ3) is 12.7. The number of ether oxygens (including phenoxy) is 2. The highest BCUT2D eigenvalue weighted by Crippen LogP contribution is 2.33. The molecule has 0 saturated heterocycles. The number of rotatable bonds is 20. The van der Waals surface area contributed by atoms with E-state index < -0.39 is 0 Å². The van der Waals surface area contributed by atoms with Gasteiger partial charge in [-0.15, -0.1) is 0 Å². The maximum Gasteiger partial charge on any atom is 0.127 e. The lowest BCUT2D eigenvalue weighted by atomic mass is 10.0. The van der Waals surface area contributed by atoms with Crippen LogP contribution in [0.4, 0.5) is 0 Å². The molecule has 0 fully saturated rings. The lowest BCUT2D eigenvalue weighted by Crippen LogP contribution is -2.03. The van der Waals surface area contributed by atoms with Gasteiger partial charge < -0.3 is 9.47 Å². The summed E-state index contributed by atoms with van der Waals surface area (Å²) in [7, 11) is 0. The molecule has 0 unspecified atom stereocenters. The minimum Gasteiger partial charge on any atom is -0.493 e. The minimum atomic E-state index is 0.733. The Hall–Kier alpha value is -3.26. The van der Waals surface area contributed by atoms with Crippen molar-refractivity contribution < 1.29 is 9.47 Å². The van der Waals surface area contributed by atoms with E-state index in [1.807, 2.05) is 0 Å². The zero-order chi connectivity index (χ0) is 29.8. The number of aryl methyl sites for hydroxylation is 2. The highest BCUT2D eigenvalue weighted by atomic mass is 16.5. The molecule has 0 aliphatic heterocycles. The van der Waals surface area contributed by atoms with Crippen LogP contribution in [0.3, 0.4) is 0 Å². The Morgan fingerprint density at radius 1 is 0.452 bits per heavy atom. The Morgan fingerprint density at radius 3 is 1.19 bits per heavy atom. The Bertz CT molecular complexity index is 1100. The van der Waals surface area contributed by atoms with Crippen molar-refractivity contribution in [3.05, 3.63) is 94.0 Å². The summed E-state index contributed by atoms with van der Waals surface area (Å²) >= 11 is 0. The fraction of sp³-hybridized carbons (Fsp3) is 0.450. The van der Waals surface area contributed by atoms with Crippen LogP contribution in [0, 0.1) is 13.8 Å². The molecule has 0 aliphatic carbocycles. The van der Waals surface area contributed by atoms with E-state index in [4.69, 9.17) is 9.47 Å². The first kappa shape index (κ1) is 33.2. The quantitative estimate of drug-likeness (QED) is 0.1000. The van der Waals surface area contributed by atoms with Gasteiger partial charge in [-0.05, 0) is 49.9 Å². The van der Waals surface area contributed by atoms with Gasteiger partial charge >= 0.3 is 0 Å².